The van der Waals surface area contributed by atoms with Crippen LogP contribution in [0.4, 0.5) is 8.78 Å². The molecule has 3 aromatic rings. The number of rotatable bonds is 5. The molecule has 1 aliphatic heterocycles. The first-order chi connectivity index (χ1) is 14.0. The summed E-state index contributed by atoms with van der Waals surface area (Å²) in [4.78, 5) is 20.7. The van der Waals surface area contributed by atoms with Gasteiger partial charge >= 0.3 is 5.97 Å². The molecular weight excluding hydrogens is 380 g/mol. The van der Waals surface area contributed by atoms with Crippen LogP contribution in [0, 0.1) is 11.6 Å². The number of hydrogen-bond acceptors (Lipinski definition) is 4. The van der Waals surface area contributed by atoms with Crippen LogP contribution in [0.3, 0.4) is 0 Å². The van der Waals surface area contributed by atoms with E-state index in [-0.39, 0.29) is 17.2 Å². The number of carboxylic acid groups (broad SMARTS) is 1. The fraction of sp³-hybridized carbons (Fsp3) is 0.238. The lowest BCUT2D eigenvalue weighted by atomic mass is 10.1. The zero-order valence-electron chi connectivity index (χ0n) is 15.4. The zero-order chi connectivity index (χ0) is 20.4. The number of hydrogen-bond donors (Lipinski definition) is 2. The lowest BCUT2D eigenvalue weighted by molar-refractivity contribution is -0.0156. The molecule has 0 saturated carbocycles. The Hall–Kier alpha value is -3.10. The Morgan fingerprint density at radius 2 is 2.03 bits per heavy atom. The topological polar surface area (TPSA) is 78.4 Å². The summed E-state index contributed by atoms with van der Waals surface area (Å²) >= 11 is 0. The van der Waals surface area contributed by atoms with E-state index < -0.39 is 17.6 Å². The predicted octanol–water partition coefficient (Wildman–Crippen LogP) is 3.63. The number of ether oxygens (including phenoxy) is 1. The van der Waals surface area contributed by atoms with Gasteiger partial charge in [0.05, 0.1) is 36.7 Å². The zero-order valence-corrected chi connectivity index (χ0v) is 15.4. The van der Waals surface area contributed by atoms with Gasteiger partial charge in [-0.3, -0.25) is 4.90 Å². The number of aromatic amines is 1. The summed E-state index contributed by atoms with van der Waals surface area (Å²) in [6, 6.07) is 9.99. The third-order valence-electron chi connectivity index (χ3n) is 4.96. The number of imidazole rings is 1. The lowest BCUT2D eigenvalue weighted by Crippen LogP contribution is -2.39. The second-order valence-electron chi connectivity index (χ2n) is 6.87. The predicted molar refractivity (Wildman–Crippen MR) is 101 cm³/mol. The lowest BCUT2D eigenvalue weighted by Gasteiger charge is -2.34. The Kier molecular flexibility index (Phi) is 5.37. The molecule has 8 heteroatoms. The maximum absolute atomic E-state index is 14.1. The Morgan fingerprint density at radius 1 is 1.24 bits per heavy atom. The van der Waals surface area contributed by atoms with E-state index in [0.29, 0.717) is 37.8 Å². The van der Waals surface area contributed by atoms with E-state index in [9.17, 15) is 13.6 Å². The van der Waals surface area contributed by atoms with Crippen molar-refractivity contribution < 1.29 is 23.4 Å². The van der Waals surface area contributed by atoms with Crippen molar-refractivity contribution in [1.29, 1.82) is 0 Å². The first-order valence-electron chi connectivity index (χ1n) is 9.15. The van der Waals surface area contributed by atoms with Gasteiger partial charge in [-0.25, -0.2) is 18.6 Å². The van der Waals surface area contributed by atoms with Crippen molar-refractivity contribution in [2.24, 2.45) is 0 Å². The fourth-order valence-corrected chi connectivity index (χ4v) is 3.42. The molecule has 1 aromatic heterocycles. The average Bonchev–Trinajstić information content (AvgIpc) is 3.18. The third kappa shape index (κ3) is 4.18. The van der Waals surface area contributed by atoms with Gasteiger partial charge < -0.3 is 14.8 Å². The summed E-state index contributed by atoms with van der Waals surface area (Å²) < 4.78 is 32.8. The highest BCUT2D eigenvalue weighted by Crippen LogP contribution is 2.28. The van der Waals surface area contributed by atoms with Gasteiger partial charge in [-0.1, -0.05) is 12.1 Å². The Bertz CT molecular complexity index is 1020. The van der Waals surface area contributed by atoms with Crippen LogP contribution in [0.1, 0.15) is 27.8 Å². The highest BCUT2D eigenvalue weighted by atomic mass is 19.1. The number of carbonyl (C=O) groups is 1. The molecule has 0 spiro atoms. The number of aromatic nitrogens is 2. The molecule has 1 atom stereocenters. The molecule has 150 valence electrons. The van der Waals surface area contributed by atoms with Gasteiger partial charge in [0.2, 0.25) is 0 Å². The molecule has 1 saturated heterocycles. The van der Waals surface area contributed by atoms with Crippen LogP contribution in [-0.2, 0) is 11.3 Å². The number of halogens is 2. The Balaban J connectivity index is 1.54. The van der Waals surface area contributed by atoms with Gasteiger partial charge in [-0.2, -0.15) is 0 Å². The summed E-state index contributed by atoms with van der Waals surface area (Å²) in [5, 5.41) is 9.03. The van der Waals surface area contributed by atoms with Crippen molar-refractivity contribution in [3.8, 4) is 11.3 Å². The van der Waals surface area contributed by atoms with Crippen molar-refractivity contribution in [3.63, 3.8) is 0 Å². The number of nitrogens with zero attached hydrogens (tertiary/aromatic N) is 2. The summed E-state index contributed by atoms with van der Waals surface area (Å²) in [7, 11) is 0. The molecule has 0 aliphatic carbocycles. The molecule has 1 aliphatic rings. The molecule has 29 heavy (non-hydrogen) atoms. The van der Waals surface area contributed by atoms with E-state index in [1.165, 1.54) is 18.3 Å². The van der Waals surface area contributed by atoms with Gasteiger partial charge in [0.25, 0.3) is 0 Å². The first kappa shape index (κ1) is 19.2. The van der Waals surface area contributed by atoms with Crippen molar-refractivity contribution in [1.82, 2.24) is 14.9 Å². The van der Waals surface area contributed by atoms with Crippen molar-refractivity contribution >= 4 is 5.97 Å². The average molecular weight is 399 g/mol. The van der Waals surface area contributed by atoms with E-state index in [1.807, 2.05) is 0 Å². The van der Waals surface area contributed by atoms with Gasteiger partial charge in [0.15, 0.2) is 0 Å². The van der Waals surface area contributed by atoms with Crippen LogP contribution in [0.5, 0.6) is 0 Å². The van der Waals surface area contributed by atoms with Crippen LogP contribution in [0.25, 0.3) is 11.3 Å². The van der Waals surface area contributed by atoms with Crippen LogP contribution in [-0.4, -0.2) is 45.7 Å². The van der Waals surface area contributed by atoms with E-state index in [0.717, 1.165) is 11.6 Å². The number of morpholine rings is 1. The van der Waals surface area contributed by atoms with Crippen molar-refractivity contribution in [2.75, 3.05) is 19.8 Å². The minimum atomic E-state index is -0.961. The number of carboxylic acids is 1. The molecule has 0 amide bonds. The van der Waals surface area contributed by atoms with E-state index in [4.69, 9.17) is 9.84 Å². The highest BCUT2D eigenvalue weighted by Gasteiger charge is 2.27. The molecule has 4 rings (SSSR count). The molecule has 2 N–H and O–H groups in total. The van der Waals surface area contributed by atoms with Crippen molar-refractivity contribution in [3.05, 3.63) is 77.2 Å². The molecular formula is C21H19F2N3O3. The normalized spacial score (nSPS) is 17.4. The number of H-pyrrole nitrogens is 1. The summed E-state index contributed by atoms with van der Waals surface area (Å²) in [5.41, 5.74) is 1.93. The third-order valence-corrected chi connectivity index (χ3v) is 4.96. The van der Waals surface area contributed by atoms with E-state index in [1.54, 1.807) is 24.3 Å². The quantitative estimate of drug-likeness (QED) is 0.685. The summed E-state index contributed by atoms with van der Waals surface area (Å²) in [5.74, 6) is -1.62. The standard InChI is InChI=1S/C21H19F2N3O3/c22-15-5-6-16(17(23)9-15)18-10-24-20(25-18)19-12-29-8-7-26(19)11-13-1-3-14(4-2-13)21(27)28/h1-6,9-10,19H,7-8,11-12H2,(H,24,25)(H,27,28). The van der Waals surface area contributed by atoms with Crippen molar-refractivity contribution in [2.45, 2.75) is 12.6 Å². The maximum atomic E-state index is 14.1. The van der Waals surface area contributed by atoms with Crippen LogP contribution in [0.2, 0.25) is 0 Å². The molecule has 0 radical (unpaired) electrons. The largest absolute Gasteiger partial charge is 0.478 e. The van der Waals surface area contributed by atoms with Crippen LogP contribution >= 0.6 is 0 Å². The first-order valence-corrected chi connectivity index (χ1v) is 9.15. The minimum absolute atomic E-state index is 0.167. The summed E-state index contributed by atoms with van der Waals surface area (Å²) in [6.07, 6.45) is 1.53. The van der Waals surface area contributed by atoms with Crippen LogP contribution in [0.15, 0.2) is 48.7 Å². The molecule has 1 fully saturated rings. The van der Waals surface area contributed by atoms with Gasteiger partial charge in [-0.15, -0.1) is 0 Å². The molecule has 2 aromatic carbocycles. The minimum Gasteiger partial charge on any atom is -0.478 e. The van der Waals surface area contributed by atoms with Gasteiger partial charge in [-0.05, 0) is 29.8 Å². The molecule has 1 unspecified atom stereocenters. The smallest absolute Gasteiger partial charge is 0.335 e. The van der Waals surface area contributed by atoms with Gasteiger partial charge in [0.1, 0.15) is 17.5 Å². The maximum Gasteiger partial charge on any atom is 0.335 e. The SMILES string of the molecule is O=C(O)c1ccc(CN2CCOCC2c2ncc(-c3ccc(F)cc3F)[nH]2)cc1. The van der Waals surface area contributed by atoms with E-state index in [2.05, 4.69) is 14.9 Å². The number of aromatic carboxylic acids is 1. The van der Waals surface area contributed by atoms with Crippen LogP contribution < -0.4 is 0 Å². The highest BCUT2D eigenvalue weighted by molar-refractivity contribution is 5.87. The van der Waals surface area contributed by atoms with E-state index >= 15 is 0 Å². The number of benzene rings is 2. The molecule has 6 nitrogen and oxygen atoms in total. The fourth-order valence-electron chi connectivity index (χ4n) is 3.42. The summed E-state index contributed by atoms with van der Waals surface area (Å²) in [6.45, 7) is 2.26. The monoisotopic (exact) mass is 399 g/mol. The van der Waals surface area contributed by atoms with Gasteiger partial charge in [0, 0.05) is 24.7 Å². The second kappa shape index (κ2) is 8.10. The Morgan fingerprint density at radius 3 is 2.76 bits per heavy atom. The second-order valence-corrected chi connectivity index (χ2v) is 6.87. The molecule has 0 bridgehead atoms. The Labute approximate surface area is 165 Å². The molecule has 2 heterocycles. The number of nitrogens with one attached hydrogen (secondary N) is 1.